The van der Waals surface area contributed by atoms with Gasteiger partial charge in [-0.1, -0.05) is 12.1 Å². The van der Waals surface area contributed by atoms with E-state index in [1.165, 1.54) is 0 Å². The van der Waals surface area contributed by atoms with Gasteiger partial charge >= 0.3 is 6.61 Å². The highest BCUT2D eigenvalue weighted by molar-refractivity contribution is 5.28. The first-order chi connectivity index (χ1) is 8.63. The van der Waals surface area contributed by atoms with E-state index < -0.39 is 6.61 Å². The minimum atomic E-state index is -2.78. The molecule has 0 saturated carbocycles. The summed E-state index contributed by atoms with van der Waals surface area (Å²) in [6.07, 6.45) is 0. The molecule has 1 unspecified atom stereocenters. The smallest absolute Gasteiger partial charge is 0.387 e. The van der Waals surface area contributed by atoms with Crippen LogP contribution in [0.25, 0.3) is 0 Å². The van der Waals surface area contributed by atoms with Gasteiger partial charge in [-0.3, -0.25) is 0 Å². The third-order valence-corrected chi connectivity index (χ3v) is 2.51. The molecule has 1 aromatic carbocycles. The fourth-order valence-electron chi connectivity index (χ4n) is 1.55. The SMILES string of the molecule is CCOCCNC(C)c1ccc(OC(F)F)cc1. The number of halogens is 2. The van der Waals surface area contributed by atoms with E-state index in [0.717, 1.165) is 12.1 Å². The fourth-order valence-corrected chi connectivity index (χ4v) is 1.55. The first-order valence-electron chi connectivity index (χ1n) is 5.99. The van der Waals surface area contributed by atoms with Gasteiger partial charge in [0.05, 0.1) is 6.61 Å². The van der Waals surface area contributed by atoms with Crippen LogP contribution in [0.15, 0.2) is 24.3 Å². The highest BCUT2D eigenvalue weighted by atomic mass is 19.3. The molecule has 0 aliphatic heterocycles. The van der Waals surface area contributed by atoms with E-state index >= 15 is 0 Å². The molecule has 0 aromatic heterocycles. The summed E-state index contributed by atoms with van der Waals surface area (Å²) in [5.41, 5.74) is 1.02. The second-order valence-electron chi connectivity index (χ2n) is 3.82. The van der Waals surface area contributed by atoms with Gasteiger partial charge in [-0.15, -0.1) is 0 Å². The maximum Gasteiger partial charge on any atom is 0.387 e. The predicted octanol–water partition coefficient (Wildman–Crippen LogP) is 2.98. The Morgan fingerprint density at radius 1 is 1.22 bits per heavy atom. The number of alkyl halides is 2. The van der Waals surface area contributed by atoms with Crippen molar-refractivity contribution in [3.8, 4) is 5.75 Å². The molecule has 3 nitrogen and oxygen atoms in total. The Balaban J connectivity index is 2.41. The molecule has 0 saturated heterocycles. The zero-order valence-corrected chi connectivity index (χ0v) is 10.7. The molecule has 18 heavy (non-hydrogen) atoms. The third-order valence-electron chi connectivity index (χ3n) is 2.51. The molecule has 0 heterocycles. The number of nitrogens with one attached hydrogen (secondary N) is 1. The van der Waals surface area contributed by atoms with Gasteiger partial charge in [-0.25, -0.2) is 0 Å². The Labute approximate surface area is 106 Å². The predicted molar refractivity (Wildman–Crippen MR) is 66.0 cm³/mol. The van der Waals surface area contributed by atoms with E-state index in [1.807, 2.05) is 13.8 Å². The van der Waals surface area contributed by atoms with Crippen molar-refractivity contribution < 1.29 is 18.3 Å². The van der Waals surface area contributed by atoms with Crippen molar-refractivity contribution in [3.05, 3.63) is 29.8 Å². The summed E-state index contributed by atoms with van der Waals surface area (Å²) >= 11 is 0. The van der Waals surface area contributed by atoms with Crippen molar-refractivity contribution in [2.45, 2.75) is 26.5 Å². The van der Waals surface area contributed by atoms with Crippen molar-refractivity contribution in [3.63, 3.8) is 0 Å². The summed E-state index contributed by atoms with van der Waals surface area (Å²) in [5, 5.41) is 3.28. The molecular formula is C13H19F2NO2. The van der Waals surface area contributed by atoms with Gasteiger partial charge in [-0.2, -0.15) is 8.78 Å². The molecule has 102 valence electrons. The summed E-state index contributed by atoms with van der Waals surface area (Å²) in [6.45, 7) is 3.30. The topological polar surface area (TPSA) is 30.5 Å². The maximum absolute atomic E-state index is 12.0. The van der Waals surface area contributed by atoms with Crippen LogP contribution in [0, 0.1) is 0 Å². The lowest BCUT2D eigenvalue weighted by Crippen LogP contribution is -2.23. The Morgan fingerprint density at radius 2 is 1.89 bits per heavy atom. The molecule has 5 heteroatoms. The average Bonchev–Trinajstić information content (AvgIpc) is 2.34. The van der Waals surface area contributed by atoms with Crippen molar-refractivity contribution in [1.29, 1.82) is 0 Å². The van der Waals surface area contributed by atoms with Gasteiger partial charge in [0, 0.05) is 19.2 Å². The second-order valence-corrected chi connectivity index (χ2v) is 3.82. The van der Waals surface area contributed by atoms with Crippen molar-refractivity contribution in [2.75, 3.05) is 19.8 Å². The molecule has 0 spiro atoms. The first-order valence-corrected chi connectivity index (χ1v) is 5.99. The normalized spacial score (nSPS) is 12.7. The Hall–Kier alpha value is -1.20. The lowest BCUT2D eigenvalue weighted by molar-refractivity contribution is -0.0498. The molecule has 1 atom stereocenters. The number of hydrogen-bond donors (Lipinski definition) is 1. The second kappa shape index (κ2) is 8.00. The average molecular weight is 259 g/mol. The lowest BCUT2D eigenvalue weighted by Gasteiger charge is -2.14. The molecule has 0 aliphatic carbocycles. The van der Waals surface area contributed by atoms with Crippen molar-refractivity contribution in [2.24, 2.45) is 0 Å². The van der Waals surface area contributed by atoms with Crippen LogP contribution in [0.3, 0.4) is 0 Å². The zero-order valence-electron chi connectivity index (χ0n) is 10.7. The van der Waals surface area contributed by atoms with E-state index in [1.54, 1.807) is 24.3 Å². The van der Waals surface area contributed by atoms with Crippen LogP contribution >= 0.6 is 0 Å². The van der Waals surface area contributed by atoms with Crippen LogP contribution in [0.1, 0.15) is 25.5 Å². The summed E-state index contributed by atoms with van der Waals surface area (Å²) < 4.78 is 33.4. The minimum absolute atomic E-state index is 0.144. The molecule has 0 bridgehead atoms. The highest BCUT2D eigenvalue weighted by Gasteiger charge is 2.07. The molecular weight excluding hydrogens is 240 g/mol. The fraction of sp³-hybridized carbons (Fsp3) is 0.538. The van der Waals surface area contributed by atoms with Gasteiger partial charge in [0.1, 0.15) is 5.75 Å². The Kier molecular flexibility index (Phi) is 6.60. The quantitative estimate of drug-likeness (QED) is 0.728. The molecule has 0 aliphatic rings. The van der Waals surface area contributed by atoms with Crippen molar-refractivity contribution >= 4 is 0 Å². The molecule has 0 amide bonds. The monoisotopic (exact) mass is 259 g/mol. The summed E-state index contributed by atoms with van der Waals surface area (Å²) in [6, 6.07) is 6.78. The van der Waals surface area contributed by atoms with E-state index in [9.17, 15) is 8.78 Å². The first kappa shape index (κ1) is 14.9. The van der Waals surface area contributed by atoms with E-state index in [2.05, 4.69) is 10.1 Å². The van der Waals surface area contributed by atoms with E-state index in [4.69, 9.17) is 4.74 Å². The van der Waals surface area contributed by atoms with Crippen LogP contribution in [-0.2, 0) is 4.74 Å². The van der Waals surface area contributed by atoms with Crippen LogP contribution < -0.4 is 10.1 Å². The summed E-state index contributed by atoms with van der Waals surface area (Å²) in [7, 11) is 0. The molecule has 1 rings (SSSR count). The zero-order chi connectivity index (χ0) is 13.4. The summed E-state index contributed by atoms with van der Waals surface area (Å²) in [5.74, 6) is 0.176. The number of hydrogen-bond acceptors (Lipinski definition) is 3. The van der Waals surface area contributed by atoms with Crippen molar-refractivity contribution in [1.82, 2.24) is 5.32 Å². The number of rotatable bonds is 8. The minimum Gasteiger partial charge on any atom is -0.435 e. The van der Waals surface area contributed by atoms with Gasteiger partial charge in [0.2, 0.25) is 0 Å². The van der Waals surface area contributed by atoms with Gasteiger partial charge < -0.3 is 14.8 Å². The Bertz CT molecular complexity index is 330. The molecule has 0 fully saturated rings. The van der Waals surface area contributed by atoms with Gasteiger partial charge in [-0.05, 0) is 31.5 Å². The maximum atomic E-state index is 12.0. The molecule has 1 N–H and O–H groups in total. The van der Waals surface area contributed by atoms with Gasteiger partial charge in [0.15, 0.2) is 0 Å². The Morgan fingerprint density at radius 3 is 2.44 bits per heavy atom. The molecule has 1 aromatic rings. The number of ether oxygens (including phenoxy) is 2. The summed E-state index contributed by atoms with van der Waals surface area (Å²) in [4.78, 5) is 0. The van der Waals surface area contributed by atoms with E-state index in [-0.39, 0.29) is 11.8 Å². The van der Waals surface area contributed by atoms with Crippen LogP contribution in [-0.4, -0.2) is 26.4 Å². The largest absolute Gasteiger partial charge is 0.435 e. The van der Waals surface area contributed by atoms with E-state index in [0.29, 0.717) is 13.2 Å². The van der Waals surface area contributed by atoms with Crippen LogP contribution in [0.2, 0.25) is 0 Å². The highest BCUT2D eigenvalue weighted by Crippen LogP contribution is 2.18. The van der Waals surface area contributed by atoms with Gasteiger partial charge in [0.25, 0.3) is 0 Å². The van der Waals surface area contributed by atoms with Crippen LogP contribution in [0.5, 0.6) is 5.75 Å². The standard InChI is InChI=1S/C13H19F2NO2/c1-3-17-9-8-16-10(2)11-4-6-12(7-5-11)18-13(14)15/h4-7,10,13,16H,3,8-9H2,1-2H3. The number of benzene rings is 1. The lowest BCUT2D eigenvalue weighted by atomic mass is 10.1. The third kappa shape index (κ3) is 5.42. The van der Waals surface area contributed by atoms with Crippen LogP contribution in [0.4, 0.5) is 8.78 Å². The molecule has 0 radical (unpaired) electrons.